The molecule has 0 aliphatic carbocycles. The summed E-state index contributed by atoms with van der Waals surface area (Å²) in [5.74, 6) is 0. The molecule has 0 N–H and O–H groups in total. The first-order valence-corrected chi connectivity index (χ1v) is 16.8. The summed E-state index contributed by atoms with van der Waals surface area (Å²) in [6.07, 6.45) is 0. The van der Waals surface area contributed by atoms with E-state index in [1.54, 1.807) is 0 Å². The largest absolute Gasteiger partial charge is 0.309 e. The molecule has 45 heavy (non-hydrogen) atoms. The maximum atomic E-state index is 2.43. The fraction of sp³-hybridized carbons (Fsp3) is 0. The summed E-state index contributed by atoms with van der Waals surface area (Å²) in [5, 5.41) is 5.25. The number of nitrogens with zero attached hydrogens (tertiary/aromatic N) is 1. The van der Waals surface area contributed by atoms with Gasteiger partial charge in [-0.15, -0.1) is 22.7 Å². The SMILES string of the molecule is c1ccc(-c2ccc(N(c3cccc(-c4ccc5sc6ccccc6c5c4)c3)c3cccc4c3sc3ccccc34)cc2)cc1. The first-order chi connectivity index (χ1) is 22.3. The maximum Gasteiger partial charge on any atom is 0.0640 e. The lowest BCUT2D eigenvalue weighted by Gasteiger charge is -2.27. The van der Waals surface area contributed by atoms with E-state index in [1.165, 1.54) is 68.3 Å². The molecule has 0 saturated heterocycles. The van der Waals surface area contributed by atoms with Crippen LogP contribution in [0.4, 0.5) is 17.1 Å². The summed E-state index contributed by atoms with van der Waals surface area (Å²) in [4.78, 5) is 2.43. The van der Waals surface area contributed by atoms with Crippen LogP contribution in [0.15, 0.2) is 164 Å². The Bertz CT molecular complexity index is 2490. The lowest BCUT2D eigenvalue weighted by Crippen LogP contribution is -2.10. The van der Waals surface area contributed by atoms with Gasteiger partial charge >= 0.3 is 0 Å². The molecule has 0 unspecified atom stereocenters. The van der Waals surface area contributed by atoms with Gasteiger partial charge in [0.05, 0.1) is 10.4 Å². The highest BCUT2D eigenvalue weighted by Gasteiger charge is 2.19. The van der Waals surface area contributed by atoms with Crippen molar-refractivity contribution in [3.8, 4) is 22.3 Å². The minimum Gasteiger partial charge on any atom is -0.309 e. The first-order valence-electron chi connectivity index (χ1n) is 15.2. The van der Waals surface area contributed by atoms with Gasteiger partial charge in [-0.1, -0.05) is 109 Å². The van der Waals surface area contributed by atoms with Crippen molar-refractivity contribution in [2.45, 2.75) is 0 Å². The number of rotatable bonds is 5. The Labute approximate surface area is 269 Å². The highest BCUT2D eigenvalue weighted by atomic mass is 32.1. The Hall–Kier alpha value is -5.22. The van der Waals surface area contributed by atoms with Gasteiger partial charge in [0.2, 0.25) is 0 Å². The summed E-state index contributed by atoms with van der Waals surface area (Å²) >= 11 is 3.73. The summed E-state index contributed by atoms with van der Waals surface area (Å²) in [7, 11) is 0. The van der Waals surface area contributed by atoms with E-state index in [4.69, 9.17) is 0 Å². The van der Waals surface area contributed by atoms with Crippen LogP contribution in [0.2, 0.25) is 0 Å². The molecule has 0 aliphatic rings. The van der Waals surface area contributed by atoms with Crippen LogP contribution >= 0.6 is 22.7 Å². The van der Waals surface area contributed by atoms with Crippen molar-refractivity contribution in [2.24, 2.45) is 0 Å². The van der Waals surface area contributed by atoms with Crippen molar-refractivity contribution in [3.63, 3.8) is 0 Å². The monoisotopic (exact) mass is 609 g/mol. The van der Waals surface area contributed by atoms with Crippen LogP contribution in [0.3, 0.4) is 0 Å². The van der Waals surface area contributed by atoms with Crippen LogP contribution in [0.1, 0.15) is 0 Å². The molecular weight excluding hydrogens is 583 g/mol. The minimum atomic E-state index is 1.14. The predicted molar refractivity (Wildman–Crippen MR) is 198 cm³/mol. The molecule has 0 fully saturated rings. The van der Waals surface area contributed by atoms with Crippen molar-refractivity contribution in [2.75, 3.05) is 4.90 Å². The van der Waals surface area contributed by atoms with Gasteiger partial charge in [0.1, 0.15) is 0 Å². The number of fused-ring (bicyclic) bond motifs is 6. The van der Waals surface area contributed by atoms with Crippen molar-refractivity contribution in [3.05, 3.63) is 164 Å². The molecule has 1 nitrogen and oxygen atoms in total. The van der Waals surface area contributed by atoms with E-state index >= 15 is 0 Å². The second kappa shape index (κ2) is 10.7. The quantitative estimate of drug-likeness (QED) is 0.188. The number of thiophene rings is 2. The predicted octanol–water partition coefficient (Wildman–Crippen LogP) is 13.2. The third-order valence-electron chi connectivity index (χ3n) is 8.67. The Morgan fingerprint density at radius 2 is 0.911 bits per heavy atom. The van der Waals surface area contributed by atoms with Crippen molar-refractivity contribution >= 4 is 80.1 Å². The summed E-state index contributed by atoms with van der Waals surface area (Å²) in [5.41, 5.74) is 8.34. The molecule has 0 atom stereocenters. The zero-order valence-electron chi connectivity index (χ0n) is 24.4. The second-order valence-electron chi connectivity index (χ2n) is 11.4. The third kappa shape index (κ3) is 4.52. The number of hydrogen-bond donors (Lipinski definition) is 0. The summed E-state index contributed by atoms with van der Waals surface area (Å²) in [6.45, 7) is 0. The van der Waals surface area contributed by atoms with Gasteiger partial charge in [0.15, 0.2) is 0 Å². The van der Waals surface area contributed by atoms with Crippen LogP contribution in [-0.4, -0.2) is 0 Å². The average molecular weight is 610 g/mol. The van der Waals surface area contributed by atoms with Crippen LogP contribution in [-0.2, 0) is 0 Å². The Morgan fingerprint density at radius 1 is 0.333 bits per heavy atom. The molecule has 9 rings (SSSR count). The average Bonchev–Trinajstić information content (AvgIpc) is 3.68. The van der Waals surface area contributed by atoms with E-state index in [1.807, 2.05) is 22.7 Å². The van der Waals surface area contributed by atoms with Gasteiger partial charge in [0, 0.05) is 47.0 Å². The molecule has 7 aromatic carbocycles. The van der Waals surface area contributed by atoms with Crippen molar-refractivity contribution in [1.82, 2.24) is 0 Å². The molecular formula is C42H27NS2. The molecule has 0 aliphatic heterocycles. The lowest BCUT2D eigenvalue weighted by atomic mass is 10.0. The number of benzene rings is 7. The molecule has 0 saturated carbocycles. The van der Waals surface area contributed by atoms with E-state index in [-0.39, 0.29) is 0 Å². The van der Waals surface area contributed by atoms with E-state index in [0.717, 1.165) is 11.4 Å². The van der Waals surface area contributed by atoms with E-state index < -0.39 is 0 Å². The van der Waals surface area contributed by atoms with E-state index in [9.17, 15) is 0 Å². The zero-order chi connectivity index (χ0) is 29.7. The topological polar surface area (TPSA) is 3.24 Å². The van der Waals surface area contributed by atoms with Crippen LogP contribution in [0.5, 0.6) is 0 Å². The third-order valence-corrected chi connectivity index (χ3v) is 11.0. The van der Waals surface area contributed by atoms with Gasteiger partial charge in [0.25, 0.3) is 0 Å². The summed E-state index contributed by atoms with van der Waals surface area (Å²) < 4.78 is 5.26. The number of anilines is 3. The Balaban J connectivity index is 1.22. The molecule has 3 heteroatoms. The zero-order valence-corrected chi connectivity index (χ0v) is 26.0. The molecule has 2 heterocycles. The lowest BCUT2D eigenvalue weighted by molar-refractivity contribution is 1.30. The van der Waals surface area contributed by atoms with Crippen molar-refractivity contribution < 1.29 is 0 Å². The van der Waals surface area contributed by atoms with Crippen LogP contribution < -0.4 is 4.90 Å². The number of hydrogen-bond acceptors (Lipinski definition) is 3. The van der Waals surface area contributed by atoms with Crippen LogP contribution in [0, 0.1) is 0 Å². The molecule has 212 valence electrons. The van der Waals surface area contributed by atoms with Gasteiger partial charge in [-0.05, 0) is 76.9 Å². The maximum absolute atomic E-state index is 2.43. The fourth-order valence-electron chi connectivity index (χ4n) is 6.50. The summed E-state index contributed by atoms with van der Waals surface area (Å²) in [6, 6.07) is 59.7. The second-order valence-corrected chi connectivity index (χ2v) is 13.5. The Morgan fingerprint density at radius 3 is 1.73 bits per heavy atom. The van der Waals surface area contributed by atoms with Gasteiger partial charge in [-0.3, -0.25) is 0 Å². The minimum absolute atomic E-state index is 1.14. The van der Waals surface area contributed by atoms with Gasteiger partial charge in [-0.2, -0.15) is 0 Å². The Kier molecular flexibility index (Phi) is 6.26. The molecule has 0 amide bonds. The fourth-order valence-corrected chi connectivity index (χ4v) is 8.79. The molecule has 0 bridgehead atoms. The van der Waals surface area contributed by atoms with Crippen LogP contribution in [0.25, 0.3) is 62.6 Å². The first kappa shape index (κ1) is 26.2. The molecule has 0 radical (unpaired) electrons. The highest BCUT2D eigenvalue weighted by molar-refractivity contribution is 7.26. The van der Waals surface area contributed by atoms with Crippen molar-refractivity contribution in [1.29, 1.82) is 0 Å². The normalized spacial score (nSPS) is 11.6. The smallest absolute Gasteiger partial charge is 0.0640 e. The van der Waals surface area contributed by atoms with E-state index in [2.05, 4.69) is 169 Å². The van der Waals surface area contributed by atoms with Gasteiger partial charge < -0.3 is 4.90 Å². The highest BCUT2D eigenvalue weighted by Crippen LogP contribution is 2.45. The molecule has 2 aromatic heterocycles. The van der Waals surface area contributed by atoms with E-state index in [0.29, 0.717) is 0 Å². The standard InChI is InChI=1S/C42H27NS2/c1-2-10-28(11-3-1)29-20-23-32(24-21-29)43(38-17-9-16-36-34-14-4-7-19-40(34)45-42(36)38)33-13-8-12-30(26-33)31-22-25-41-37(27-31)35-15-5-6-18-39(35)44-41/h1-27H. The molecule has 9 aromatic rings. The van der Waals surface area contributed by atoms with Gasteiger partial charge in [-0.25, -0.2) is 0 Å². The molecule has 0 spiro atoms.